The minimum atomic E-state index is -4.45. The van der Waals surface area contributed by atoms with Crippen molar-refractivity contribution >= 4 is 0 Å². The van der Waals surface area contributed by atoms with Gasteiger partial charge in [-0.15, -0.1) is 0 Å². The summed E-state index contributed by atoms with van der Waals surface area (Å²) in [6, 6.07) is 0. The second-order valence-corrected chi connectivity index (χ2v) is 9.58. The number of halogens is 6. The van der Waals surface area contributed by atoms with Crippen molar-refractivity contribution in [2.24, 2.45) is 16.2 Å². The Bertz CT molecular complexity index is 514. The predicted octanol–water partition coefficient (Wildman–Crippen LogP) is 3.85. The van der Waals surface area contributed by atoms with Crippen molar-refractivity contribution < 1.29 is 55.1 Å². The summed E-state index contributed by atoms with van der Waals surface area (Å²) in [5.41, 5.74) is -2.30. The fraction of sp³-hybridized carbons (Fsp3) is 1.00. The third kappa shape index (κ3) is 16.0. The third-order valence-corrected chi connectivity index (χ3v) is 4.19. The van der Waals surface area contributed by atoms with Crippen molar-refractivity contribution in [2.75, 3.05) is 73.2 Å². The molecule has 0 saturated heterocycles. The van der Waals surface area contributed by atoms with Crippen LogP contribution in [0.25, 0.3) is 0 Å². The molecule has 0 aromatic heterocycles. The summed E-state index contributed by atoms with van der Waals surface area (Å²) in [7, 11) is 1.43. The third-order valence-electron chi connectivity index (χ3n) is 4.19. The zero-order valence-corrected chi connectivity index (χ0v) is 19.3. The average molecular weight is 486 g/mol. The summed E-state index contributed by atoms with van der Waals surface area (Å²) in [6.07, 6.45) is -8.87. The minimum Gasteiger partial charge on any atom is -0.396 e. The lowest BCUT2D eigenvalue weighted by atomic mass is 9.92. The maximum absolute atomic E-state index is 12.3. The number of rotatable bonds is 17. The fourth-order valence-corrected chi connectivity index (χ4v) is 2.62. The summed E-state index contributed by atoms with van der Waals surface area (Å²) in [4.78, 5) is 0. The van der Waals surface area contributed by atoms with Crippen LogP contribution < -0.4 is 0 Å². The molecule has 0 aliphatic rings. The molecule has 12 heteroatoms. The summed E-state index contributed by atoms with van der Waals surface area (Å²) in [5.74, 6) is 0. The van der Waals surface area contributed by atoms with Crippen molar-refractivity contribution in [3.63, 3.8) is 0 Å². The molecular formula is C20H36F6O6. The van der Waals surface area contributed by atoms with E-state index in [0.29, 0.717) is 0 Å². The molecule has 6 nitrogen and oxygen atoms in total. The largest absolute Gasteiger partial charge is 0.411 e. The van der Waals surface area contributed by atoms with E-state index in [9.17, 15) is 31.4 Å². The molecule has 0 amide bonds. The Balaban J connectivity index is 4.47. The maximum Gasteiger partial charge on any atom is 0.411 e. The van der Waals surface area contributed by atoms with Crippen LogP contribution in [0.2, 0.25) is 0 Å². The van der Waals surface area contributed by atoms with E-state index in [-0.39, 0.29) is 46.2 Å². The predicted molar refractivity (Wildman–Crippen MR) is 104 cm³/mol. The van der Waals surface area contributed by atoms with Crippen LogP contribution in [0.1, 0.15) is 27.7 Å². The van der Waals surface area contributed by atoms with Gasteiger partial charge in [0.1, 0.15) is 13.2 Å². The van der Waals surface area contributed by atoms with E-state index in [1.54, 1.807) is 13.8 Å². The van der Waals surface area contributed by atoms with E-state index in [4.69, 9.17) is 18.9 Å². The SMILES string of the molecule is COCC(C)(COCC(F)(F)F)COCC(C)(C)COCC(C)(CO)COCC(F)(F)F. The lowest BCUT2D eigenvalue weighted by Crippen LogP contribution is -2.38. The monoisotopic (exact) mass is 486 g/mol. The summed E-state index contributed by atoms with van der Waals surface area (Å²) in [5, 5.41) is 9.49. The zero-order valence-electron chi connectivity index (χ0n) is 19.3. The first kappa shape index (κ1) is 31.3. The van der Waals surface area contributed by atoms with Crippen molar-refractivity contribution in [3.05, 3.63) is 0 Å². The number of methoxy groups -OCH3 is 1. The first-order valence-electron chi connectivity index (χ1n) is 9.99. The van der Waals surface area contributed by atoms with Gasteiger partial charge in [0.05, 0.1) is 52.9 Å². The average Bonchev–Trinajstić information content (AvgIpc) is 2.59. The van der Waals surface area contributed by atoms with Crippen LogP contribution in [0.15, 0.2) is 0 Å². The molecule has 0 spiro atoms. The number of aliphatic hydroxyl groups is 1. The van der Waals surface area contributed by atoms with Crippen LogP contribution in [0, 0.1) is 16.2 Å². The summed E-state index contributed by atoms with van der Waals surface area (Å²) >= 11 is 0. The molecule has 0 fully saturated rings. The first-order valence-corrected chi connectivity index (χ1v) is 9.99. The molecule has 0 aromatic rings. The molecule has 0 aliphatic heterocycles. The van der Waals surface area contributed by atoms with E-state index in [1.807, 2.05) is 13.8 Å². The molecule has 194 valence electrons. The van der Waals surface area contributed by atoms with Crippen LogP contribution >= 0.6 is 0 Å². The summed E-state index contributed by atoms with van der Waals surface area (Å²) in [6.45, 7) is 3.74. The minimum absolute atomic E-state index is 0.0303. The standard InChI is InChI=1S/C20H36F6O6/c1-16(2,7-29-10-17(3,6-27)11-31-14-19(21,22)23)8-30-12-18(4,9-28-5)13-32-15-20(24,25)26/h27H,6-15H2,1-5H3. The highest BCUT2D eigenvalue weighted by molar-refractivity contribution is 4.77. The van der Waals surface area contributed by atoms with Gasteiger partial charge in [-0.1, -0.05) is 27.7 Å². The van der Waals surface area contributed by atoms with Gasteiger partial charge < -0.3 is 28.8 Å². The Morgan fingerprint density at radius 1 is 0.531 bits per heavy atom. The van der Waals surface area contributed by atoms with Crippen molar-refractivity contribution in [1.82, 2.24) is 0 Å². The Hall–Kier alpha value is -0.660. The molecule has 1 N–H and O–H groups in total. The molecular weight excluding hydrogens is 450 g/mol. The van der Waals surface area contributed by atoms with Crippen LogP contribution in [0.5, 0.6) is 0 Å². The van der Waals surface area contributed by atoms with Crippen LogP contribution in [0.3, 0.4) is 0 Å². The Labute approximate surface area is 185 Å². The van der Waals surface area contributed by atoms with E-state index >= 15 is 0 Å². The van der Waals surface area contributed by atoms with Gasteiger partial charge in [-0.2, -0.15) is 26.3 Å². The second kappa shape index (κ2) is 13.3. The molecule has 2 unspecified atom stereocenters. The number of aliphatic hydroxyl groups excluding tert-OH is 1. The maximum atomic E-state index is 12.3. The Kier molecular flexibility index (Phi) is 13.0. The van der Waals surface area contributed by atoms with Gasteiger partial charge in [-0.05, 0) is 0 Å². The Morgan fingerprint density at radius 2 is 0.875 bits per heavy atom. The van der Waals surface area contributed by atoms with Crippen molar-refractivity contribution in [2.45, 2.75) is 40.0 Å². The van der Waals surface area contributed by atoms with Crippen LogP contribution in [0.4, 0.5) is 26.3 Å². The molecule has 2 atom stereocenters. The van der Waals surface area contributed by atoms with Gasteiger partial charge >= 0.3 is 12.4 Å². The van der Waals surface area contributed by atoms with Crippen molar-refractivity contribution in [3.8, 4) is 0 Å². The van der Waals surface area contributed by atoms with Gasteiger partial charge in [-0.25, -0.2) is 0 Å². The second-order valence-electron chi connectivity index (χ2n) is 9.58. The Morgan fingerprint density at radius 3 is 1.19 bits per heavy atom. The quantitative estimate of drug-likeness (QED) is 0.315. The highest BCUT2D eigenvalue weighted by atomic mass is 19.4. The van der Waals surface area contributed by atoms with Gasteiger partial charge in [0.25, 0.3) is 0 Å². The normalized spacial score (nSPS) is 17.2. The number of hydrogen-bond donors (Lipinski definition) is 1. The zero-order chi connectivity index (χ0) is 25.1. The molecule has 0 rings (SSSR count). The fourth-order valence-electron chi connectivity index (χ4n) is 2.62. The molecule has 0 radical (unpaired) electrons. The van der Waals surface area contributed by atoms with E-state index in [2.05, 4.69) is 4.74 Å². The lowest BCUT2D eigenvalue weighted by molar-refractivity contribution is -0.186. The molecule has 0 bridgehead atoms. The van der Waals surface area contributed by atoms with Gasteiger partial charge in [-0.3, -0.25) is 0 Å². The summed E-state index contributed by atoms with van der Waals surface area (Å²) < 4.78 is 99.3. The van der Waals surface area contributed by atoms with Crippen LogP contribution in [-0.2, 0) is 23.7 Å². The molecule has 32 heavy (non-hydrogen) atoms. The highest BCUT2D eigenvalue weighted by Gasteiger charge is 2.33. The van der Waals surface area contributed by atoms with Gasteiger partial charge in [0.2, 0.25) is 0 Å². The molecule has 0 aromatic carbocycles. The van der Waals surface area contributed by atoms with E-state index in [0.717, 1.165) is 0 Å². The lowest BCUT2D eigenvalue weighted by Gasteiger charge is -2.32. The van der Waals surface area contributed by atoms with Gasteiger partial charge in [0.15, 0.2) is 0 Å². The van der Waals surface area contributed by atoms with E-state index in [1.165, 1.54) is 7.11 Å². The van der Waals surface area contributed by atoms with Crippen molar-refractivity contribution in [1.29, 1.82) is 0 Å². The molecule has 0 aliphatic carbocycles. The molecule has 0 saturated carbocycles. The number of hydrogen-bond acceptors (Lipinski definition) is 6. The number of ether oxygens (including phenoxy) is 5. The smallest absolute Gasteiger partial charge is 0.396 e. The highest BCUT2D eigenvalue weighted by Crippen LogP contribution is 2.25. The first-order chi connectivity index (χ1) is 14.4. The topological polar surface area (TPSA) is 66.4 Å². The van der Waals surface area contributed by atoms with Gasteiger partial charge in [0, 0.05) is 23.4 Å². The molecule has 0 heterocycles. The van der Waals surface area contributed by atoms with E-state index < -0.39 is 48.4 Å². The van der Waals surface area contributed by atoms with Crippen LogP contribution in [-0.4, -0.2) is 90.6 Å². The number of alkyl halides is 6.